The Balaban J connectivity index is 1.70. The molecule has 0 spiro atoms. The second kappa shape index (κ2) is 11.2. The molecule has 2 heterocycles. The third-order valence-corrected chi connectivity index (χ3v) is 6.20. The van der Waals surface area contributed by atoms with Gasteiger partial charge in [-0.15, -0.1) is 5.10 Å². The van der Waals surface area contributed by atoms with E-state index in [0.717, 1.165) is 17.3 Å². The van der Waals surface area contributed by atoms with E-state index in [1.54, 1.807) is 25.1 Å². The molecule has 1 saturated heterocycles. The molecule has 0 radical (unpaired) electrons. The van der Waals surface area contributed by atoms with Crippen LogP contribution in [0.4, 0.5) is 8.78 Å². The van der Waals surface area contributed by atoms with Gasteiger partial charge in [0, 0.05) is 17.0 Å². The number of nitrogens with zero attached hydrogens (tertiary/aromatic N) is 4. The molecule has 1 amide bonds. The number of carbonyl (C=O) groups is 2. The van der Waals surface area contributed by atoms with Gasteiger partial charge in [0.25, 0.3) is 6.43 Å². The predicted octanol–water partition coefficient (Wildman–Crippen LogP) is 3.42. The topological polar surface area (TPSA) is 126 Å². The van der Waals surface area contributed by atoms with Crippen LogP contribution in [-0.2, 0) is 15.3 Å². The molecule has 1 aromatic heterocycles. The minimum absolute atomic E-state index is 0.221. The molecule has 1 fully saturated rings. The molecule has 1 aliphatic rings. The van der Waals surface area contributed by atoms with Crippen LogP contribution in [0, 0.1) is 6.92 Å². The number of alkyl halides is 2. The van der Waals surface area contributed by atoms with E-state index in [4.69, 9.17) is 9.84 Å². The van der Waals surface area contributed by atoms with Crippen molar-refractivity contribution >= 4 is 46.8 Å². The van der Waals surface area contributed by atoms with Gasteiger partial charge in [0.05, 0.1) is 19.7 Å². The van der Waals surface area contributed by atoms with E-state index < -0.39 is 23.6 Å². The van der Waals surface area contributed by atoms with Crippen LogP contribution in [0.2, 0.25) is 0 Å². The summed E-state index contributed by atoms with van der Waals surface area (Å²) in [4.78, 5) is 30.6. The van der Waals surface area contributed by atoms with Crippen molar-refractivity contribution in [2.75, 3.05) is 7.11 Å². The van der Waals surface area contributed by atoms with Gasteiger partial charge in [-0.1, -0.05) is 23.5 Å². The number of ether oxygens (including phenoxy) is 1. The van der Waals surface area contributed by atoms with Gasteiger partial charge in [-0.25, -0.2) is 18.7 Å². The first-order valence-corrected chi connectivity index (χ1v) is 11.4. The number of carbonyl (C=O) groups excluding carboxylic acids is 1. The van der Waals surface area contributed by atoms with Crippen LogP contribution in [0.25, 0.3) is 0 Å². The number of carboxylic acids is 1. The molecule has 13 heteroatoms. The lowest BCUT2D eigenvalue weighted by Gasteiger charge is -2.09. The molecule has 3 rings (SSSR count). The molecular formula is C20H19F2N5O4S2. The second-order valence-electron chi connectivity index (χ2n) is 6.72. The number of amidine groups is 1. The van der Waals surface area contributed by atoms with Crippen LogP contribution < -0.4 is 10.1 Å². The fraction of sp³-hybridized carbons (Fsp3) is 0.300. The van der Waals surface area contributed by atoms with Crippen molar-refractivity contribution in [3.8, 4) is 5.75 Å². The number of halogens is 2. The predicted molar refractivity (Wildman–Crippen MR) is 121 cm³/mol. The zero-order valence-electron chi connectivity index (χ0n) is 17.5. The zero-order valence-corrected chi connectivity index (χ0v) is 19.1. The number of hydrogen-bond acceptors (Lipinski definition) is 9. The maximum absolute atomic E-state index is 13.0. The van der Waals surface area contributed by atoms with Crippen LogP contribution in [0.1, 0.15) is 35.4 Å². The second-order valence-corrected chi connectivity index (χ2v) is 8.85. The molecule has 1 atom stereocenters. The summed E-state index contributed by atoms with van der Waals surface area (Å²) in [7, 11) is 1.52. The summed E-state index contributed by atoms with van der Waals surface area (Å²) < 4.78 is 31.4. The number of hydrogen-bond donors (Lipinski definition) is 2. The fourth-order valence-corrected chi connectivity index (χ4v) is 4.57. The van der Waals surface area contributed by atoms with E-state index in [2.05, 4.69) is 25.5 Å². The Kier molecular flexibility index (Phi) is 8.33. The molecule has 33 heavy (non-hydrogen) atoms. The average molecular weight is 496 g/mol. The number of amides is 1. The Morgan fingerprint density at radius 2 is 2.18 bits per heavy atom. The van der Waals surface area contributed by atoms with Gasteiger partial charge in [-0.3, -0.25) is 9.59 Å². The maximum atomic E-state index is 13.0. The Morgan fingerprint density at radius 1 is 1.39 bits per heavy atom. The summed E-state index contributed by atoms with van der Waals surface area (Å²) in [6.07, 6.45) is -1.51. The first kappa shape index (κ1) is 24.6. The van der Waals surface area contributed by atoms with Crippen molar-refractivity contribution in [1.82, 2.24) is 15.3 Å². The Morgan fingerprint density at radius 3 is 2.88 bits per heavy atom. The van der Waals surface area contributed by atoms with E-state index >= 15 is 0 Å². The lowest BCUT2D eigenvalue weighted by Crippen LogP contribution is -2.26. The number of aromatic nitrogens is 2. The first-order valence-electron chi connectivity index (χ1n) is 9.49. The van der Waals surface area contributed by atoms with Gasteiger partial charge in [-0.05, 0) is 36.8 Å². The van der Waals surface area contributed by atoms with Crippen molar-refractivity contribution in [2.24, 2.45) is 10.2 Å². The number of methoxy groups -OCH3 is 1. The summed E-state index contributed by atoms with van der Waals surface area (Å²) in [5.74, 6) is -0.525. The molecule has 2 N–H and O–H groups in total. The molecular weight excluding hydrogens is 476 g/mol. The molecule has 0 aliphatic carbocycles. The van der Waals surface area contributed by atoms with Crippen molar-refractivity contribution in [2.45, 2.75) is 35.9 Å². The normalized spacial score (nSPS) is 17.2. The SMILES string of the molecule is COc1ccc(C=NN=C2NC(=O)C(CC(=O)O)S2)cc1CSc1nc(C)cc(C(F)F)n1. The minimum Gasteiger partial charge on any atom is -0.496 e. The minimum atomic E-state index is -2.68. The first-order chi connectivity index (χ1) is 15.7. The summed E-state index contributed by atoms with van der Waals surface area (Å²) in [6, 6.07) is 6.54. The Labute approximate surface area is 196 Å². The van der Waals surface area contributed by atoms with E-state index in [1.165, 1.54) is 31.2 Å². The number of aliphatic carboxylic acids is 1. The van der Waals surface area contributed by atoms with Gasteiger partial charge in [0.1, 0.15) is 16.7 Å². The van der Waals surface area contributed by atoms with Gasteiger partial charge >= 0.3 is 5.97 Å². The largest absolute Gasteiger partial charge is 0.496 e. The highest BCUT2D eigenvalue weighted by atomic mass is 32.2. The zero-order chi connectivity index (χ0) is 24.0. The highest BCUT2D eigenvalue weighted by Gasteiger charge is 2.32. The van der Waals surface area contributed by atoms with Crippen LogP contribution in [0.15, 0.2) is 39.6 Å². The summed E-state index contributed by atoms with van der Waals surface area (Å²) in [6.45, 7) is 1.63. The van der Waals surface area contributed by atoms with E-state index in [0.29, 0.717) is 22.8 Å². The molecule has 0 saturated carbocycles. The summed E-state index contributed by atoms with van der Waals surface area (Å²) >= 11 is 2.21. The number of aryl methyl sites for hydroxylation is 1. The van der Waals surface area contributed by atoms with Gasteiger partial charge in [0.2, 0.25) is 5.91 Å². The third-order valence-electron chi connectivity index (χ3n) is 4.23. The van der Waals surface area contributed by atoms with E-state index in [-0.39, 0.29) is 22.4 Å². The third kappa shape index (κ3) is 6.96. The van der Waals surface area contributed by atoms with Crippen LogP contribution in [0.5, 0.6) is 5.75 Å². The average Bonchev–Trinajstić information content (AvgIpc) is 3.10. The van der Waals surface area contributed by atoms with Crippen LogP contribution in [0.3, 0.4) is 0 Å². The molecule has 0 bridgehead atoms. The molecule has 9 nitrogen and oxygen atoms in total. The lowest BCUT2D eigenvalue weighted by molar-refractivity contribution is -0.138. The maximum Gasteiger partial charge on any atom is 0.305 e. The number of thioether (sulfide) groups is 2. The van der Waals surface area contributed by atoms with Crippen LogP contribution >= 0.6 is 23.5 Å². The Bertz CT molecular complexity index is 1110. The highest BCUT2D eigenvalue weighted by Crippen LogP contribution is 2.28. The molecule has 2 aromatic rings. The smallest absolute Gasteiger partial charge is 0.305 e. The summed E-state index contributed by atoms with van der Waals surface area (Å²) in [5, 5.41) is 18.9. The number of carboxylic acid groups (broad SMARTS) is 1. The molecule has 1 unspecified atom stereocenters. The molecule has 1 aliphatic heterocycles. The monoisotopic (exact) mass is 495 g/mol. The highest BCUT2D eigenvalue weighted by molar-refractivity contribution is 8.15. The van der Waals surface area contributed by atoms with Crippen molar-refractivity contribution < 1.29 is 28.2 Å². The van der Waals surface area contributed by atoms with E-state index in [1.807, 2.05) is 0 Å². The fourth-order valence-electron chi connectivity index (χ4n) is 2.77. The standard InChI is InChI=1S/C20H19F2N5O4S2/c1-10-5-13(17(21)22)25-19(24-10)32-9-12-6-11(3-4-14(12)31-2)8-23-27-20-26-18(30)15(33-20)7-16(28)29/h3-6,8,15,17H,7,9H2,1-2H3,(H,28,29)(H,26,27,30). The number of nitrogens with one attached hydrogen (secondary N) is 1. The number of rotatable bonds is 9. The van der Waals surface area contributed by atoms with E-state index in [9.17, 15) is 18.4 Å². The van der Waals surface area contributed by atoms with Crippen molar-refractivity contribution in [3.05, 3.63) is 46.8 Å². The lowest BCUT2D eigenvalue weighted by atomic mass is 10.1. The van der Waals surface area contributed by atoms with Crippen molar-refractivity contribution in [1.29, 1.82) is 0 Å². The van der Waals surface area contributed by atoms with Crippen molar-refractivity contribution in [3.63, 3.8) is 0 Å². The Hall–Kier alpha value is -3.06. The molecule has 174 valence electrons. The quantitative estimate of drug-likeness (QED) is 0.235. The van der Waals surface area contributed by atoms with Gasteiger partial charge in [0.15, 0.2) is 10.3 Å². The molecule has 1 aromatic carbocycles. The van der Waals surface area contributed by atoms with Gasteiger partial charge in [-0.2, -0.15) is 5.10 Å². The van der Waals surface area contributed by atoms with Gasteiger partial charge < -0.3 is 15.2 Å². The number of benzene rings is 1. The van der Waals surface area contributed by atoms with Crippen LogP contribution in [-0.4, -0.2) is 50.7 Å². The summed E-state index contributed by atoms with van der Waals surface area (Å²) in [5.41, 5.74) is 1.59.